The van der Waals surface area contributed by atoms with Crippen LogP contribution in [-0.2, 0) is 10.0 Å². The zero-order chi connectivity index (χ0) is 21.7. The van der Waals surface area contributed by atoms with Gasteiger partial charge in [0.1, 0.15) is 24.4 Å². The summed E-state index contributed by atoms with van der Waals surface area (Å²) in [5, 5.41) is 18.8. The number of aromatic hydroxyl groups is 1. The largest absolute Gasteiger partial charge is 0.508 e. The third-order valence-electron chi connectivity index (χ3n) is 4.21. The fourth-order valence-electron chi connectivity index (χ4n) is 2.78. The van der Waals surface area contributed by atoms with E-state index in [0.717, 1.165) is 12.4 Å². The van der Waals surface area contributed by atoms with E-state index in [-0.39, 0.29) is 35.6 Å². The summed E-state index contributed by atoms with van der Waals surface area (Å²) in [7, 11) is -2.54. The van der Waals surface area contributed by atoms with Gasteiger partial charge in [-0.05, 0) is 36.2 Å². The maximum Gasteiger partial charge on any atom is 0.263 e. The predicted molar refractivity (Wildman–Crippen MR) is 110 cm³/mol. The number of nitrogens with one attached hydrogen (secondary N) is 1. The van der Waals surface area contributed by atoms with Gasteiger partial charge in [0.15, 0.2) is 5.82 Å². The van der Waals surface area contributed by atoms with Gasteiger partial charge in [0.25, 0.3) is 10.0 Å². The normalized spacial score (nSPS) is 11.2. The SMILES string of the molecule is COc1ccc(-c2c(NS(=O)(=O)c3cc(O)ccc3C)ncnc2OCCO)cc1. The minimum atomic E-state index is -4.08. The number of benzene rings is 2. The molecule has 0 amide bonds. The van der Waals surface area contributed by atoms with Crippen LogP contribution in [-0.4, -0.2) is 48.9 Å². The van der Waals surface area contributed by atoms with Crippen molar-refractivity contribution < 1.29 is 28.1 Å². The number of rotatable bonds is 8. The van der Waals surface area contributed by atoms with Crippen LogP contribution in [0.3, 0.4) is 0 Å². The highest BCUT2D eigenvalue weighted by atomic mass is 32.2. The lowest BCUT2D eigenvalue weighted by atomic mass is 10.1. The van der Waals surface area contributed by atoms with Gasteiger partial charge in [0.2, 0.25) is 5.88 Å². The number of phenols is 1. The predicted octanol–water partition coefficient (Wildman–Crippen LogP) is 2.34. The molecule has 1 heterocycles. The molecule has 0 aliphatic carbocycles. The van der Waals surface area contributed by atoms with Crippen LogP contribution in [0.5, 0.6) is 17.4 Å². The van der Waals surface area contributed by atoms with Gasteiger partial charge in [-0.3, -0.25) is 4.72 Å². The van der Waals surface area contributed by atoms with Crippen molar-refractivity contribution in [2.24, 2.45) is 0 Å². The Morgan fingerprint density at radius 3 is 2.50 bits per heavy atom. The molecular weight excluding hydrogens is 410 g/mol. The Morgan fingerprint density at radius 2 is 1.83 bits per heavy atom. The summed E-state index contributed by atoms with van der Waals surface area (Å²) in [6.45, 7) is 1.35. The molecular formula is C20H21N3O6S. The van der Waals surface area contributed by atoms with Crippen LogP contribution in [0.25, 0.3) is 11.1 Å². The van der Waals surface area contributed by atoms with E-state index in [9.17, 15) is 13.5 Å². The van der Waals surface area contributed by atoms with Crippen LogP contribution in [0, 0.1) is 6.92 Å². The third kappa shape index (κ3) is 4.61. The van der Waals surface area contributed by atoms with Crippen molar-refractivity contribution in [3.05, 3.63) is 54.4 Å². The zero-order valence-electron chi connectivity index (χ0n) is 16.4. The zero-order valence-corrected chi connectivity index (χ0v) is 17.2. The Kier molecular flexibility index (Phi) is 6.38. The number of aromatic nitrogens is 2. The number of hydrogen-bond donors (Lipinski definition) is 3. The number of hydrogen-bond acceptors (Lipinski definition) is 8. The molecule has 0 saturated heterocycles. The minimum absolute atomic E-state index is 0.00847. The molecule has 0 atom stereocenters. The lowest BCUT2D eigenvalue weighted by Crippen LogP contribution is -2.17. The monoisotopic (exact) mass is 431 g/mol. The summed E-state index contributed by atoms with van der Waals surface area (Å²) in [5.74, 6) is 0.539. The molecule has 10 heteroatoms. The summed E-state index contributed by atoms with van der Waals surface area (Å²) in [6.07, 6.45) is 1.16. The number of phenolic OH excluding ortho intramolecular Hbond substituents is 1. The van der Waals surface area contributed by atoms with Gasteiger partial charge in [0, 0.05) is 6.07 Å². The molecule has 3 aromatic rings. The molecule has 0 unspecified atom stereocenters. The van der Waals surface area contributed by atoms with Crippen LogP contribution in [0.15, 0.2) is 53.7 Å². The maximum atomic E-state index is 13.0. The third-order valence-corrected chi connectivity index (χ3v) is 5.69. The maximum absolute atomic E-state index is 13.0. The first-order valence-electron chi connectivity index (χ1n) is 8.91. The van der Waals surface area contributed by atoms with Gasteiger partial charge in [-0.15, -0.1) is 0 Å². The molecule has 2 aromatic carbocycles. The Labute approximate surface area is 174 Å². The molecule has 0 fully saturated rings. The Bertz CT molecular complexity index is 1130. The molecule has 0 saturated carbocycles. The topological polar surface area (TPSA) is 131 Å². The van der Waals surface area contributed by atoms with E-state index in [1.807, 2.05) is 0 Å². The summed E-state index contributed by atoms with van der Waals surface area (Å²) < 4.78 is 39.1. The van der Waals surface area contributed by atoms with E-state index in [2.05, 4.69) is 14.7 Å². The number of aryl methyl sites for hydroxylation is 1. The van der Waals surface area contributed by atoms with Gasteiger partial charge >= 0.3 is 0 Å². The van der Waals surface area contributed by atoms with Crippen molar-refractivity contribution >= 4 is 15.8 Å². The molecule has 0 aliphatic rings. The van der Waals surface area contributed by atoms with Gasteiger partial charge in [-0.25, -0.2) is 18.4 Å². The summed E-state index contributed by atoms with van der Waals surface area (Å²) in [6, 6.07) is 10.9. The molecule has 3 rings (SSSR count). The summed E-state index contributed by atoms with van der Waals surface area (Å²) in [5.41, 5.74) is 1.33. The van der Waals surface area contributed by atoms with E-state index >= 15 is 0 Å². The molecule has 0 radical (unpaired) electrons. The molecule has 9 nitrogen and oxygen atoms in total. The van der Waals surface area contributed by atoms with Gasteiger partial charge < -0.3 is 19.7 Å². The second-order valence-corrected chi connectivity index (χ2v) is 7.91. The van der Waals surface area contributed by atoms with Crippen LogP contribution in [0.1, 0.15) is 5.56 Å². The highest BCUT2D eigenvalue weighted by Gasteiger charge is 2.23. The lowest BCUT2D eigenvalue weighted by Gasteiger charge is -2.16. The molecule has 3 N–H and O–H groups in total. The van der Waals surface area contributed by atoms with Crippen molar-refractivity contribution in [2.45, 2.75) is 11.8 Å². The first kappa shape index (κ1) is 21.3. The van der Waals surface area contributed by atoms with Gasteiger partial charge in [-0.2, -0.15) is 0 Å². The first-order valence-corrected chi connectivity index (χ1v) is 10.4. The van der Waals surface area contributed by atoms with Crippen LogP contribution < -0.4 is 14.2 Å². The summed E-state index contributed by atoms with van der Waals surface area (Å²) >= 11 is 0. The number of aliphatic hydroxyl groups excluding tert-OH is 1. The van der Waals surface area contributed by atoms with Crippen LogP contribution in [0.2, 0.25) is 0 Å². The number of methoxy groups -OCH3 is 1. The molecule has 1 aromatic heterocycles. The van der Waals surface area contributed by atoms with Crippen molar-refractivity contribution in [3.8, 4) is 28.5 Å². The Hall–Kier alpha value is -3.37. The Morgan fingerprint density at radius 1 is 1.10 bits per heavy atom. The number of nitrogens with zero attached hydrogens (tertiary/aromatic N) is 2. The van der Waals surface area contributed by atoms with Gasteiger partial charge in [-0.1, -0.05) is 18.2 Å². The van der Waals surface area contributed by atoms with E-state index in [1.165, 1.54) is 19.2 Å². The van der Waals surface area contributed by atoms with E-state index < -0.39 is 10.0 Å². The highest BCUT2D eigenvalue weighted by Crippen LogP contribution is 2.36. The number of sulfonamides is 1. The second kappa shape index (κ2) is 8.97. The highest BCUT2D eigenvalue weighted by molar-refractivity contribution is 7.92. The lowest BCUT2D eigenvalue weighted by molar-refractivity contribution is 0.197. The first-order chi connectivity index (χ1) is 14.4. The van der Waals surface area contributed by atoms with Crippen molar-refractivity contribution in [1.82, 2.24) is 9.97 Å². The average molecular weight is 431 g/mol. The molecule has 0 spiro atoms. The molecule has 0 bridgehead atoms. The van der Waals surface area contributed by atoms with E-state index in [4.69, 9.17) is 14.6 Å². The van der Waals surface area contributed by atoms with Crippen molar-refractivity contribution in [1.29, 1.82) is 0 Å². The van der Waals surface area contributed by atoms with Crippen molar-refractivity contribution in [2.75, 3.05) is 25.0 Å². The van der Waals surface area contributed by atoms with Crippen LogP contribution in [0.4, 0.5) is 5.82 Å². The summed E-state index contributed by atoms with van der Waals surface area (Å²) in [4.78, 5) is 8.09. The van der Waals surface area contributed by atoms with E-state index in [1.54, 1.807) is 31.2 Å². The molecule has 30 heavy (non-hydrogen) atoms. The Balaban J connectivity index is 2.10. The fourth-order valence-corrected chi connectivity index (χ4v) is 4.06. The number of ether oxygens (including phenoxy) is 2. The van der Waals surface area contributed by atoms with Gasteiger partial charge in [0.05, 0.1) is 24.2 Å². The number of aliphatic hydroxyl groups is 1. The second-order valence-electron chi connectivity index (χ2n) is 6.26. The standard InChI is InChI=1S/C20H21N3O6S/c1-13-3-6-15(25)11-17(13)30(26,27)23-19-18(14-4-7-16(28-2)8-5-14)20(22-12-21-19)29-10-9-24/h3-8,11-12,24-25H,9-10H2,1-2H3,(H,21,22,23). The quantitative estimate of drug-likeness (QED) is 0.495. The van der Waals surface area contributed by atoms with E-state index in [0.29, 0.717) is 22.4 Å². The number of anilines is 1. The van der Waals surface area contributed by atoms with Crippen LogP contribution >= 0.6 is 0 Å². The smallest absolute Gasteiger partial charge is 0.263 e. The average Bonchev–Trinajstić information content (AvgIpc) is 2.74. The van der Waals surface area contributed by atoms with Crippen molar-refractivity contribution in [3.63, 3.8) is 0 Å². The molecule has 0 aliphatic heterocycles. The minimum Gasteiger partial charge on any atom is -0.508 e. The molecule has 158 valence electrons. The fraction of sp³-hybridized carbons (Fsp3) is 0.200.